The smallest absolute Gasteiger partial charge is 0.0541 e. The minimum Gasteiger partial charge on any atom is -0.311 e. The molecular weight excluding hydrogens is 653 g/mol. The van der Waals surface area contributed by atoms with E-state index in [4.69, 9.17) is 0 Å². The lowest BCUT2D eigenvalue weighted by Gasteiger charge is -2.26. The first-order chi connectivity index (χ1) is 26.8. The third-order valence-electron chi connectivity index (χ3n) is 10.6. The molecule has 2 heteroatoms. The molecule has 0 amide bonds. The Morgan fingerprint density at radius 1 is 0.278 bits per heavy atom. The van der Waals surface area contributed by atoms with Crippen molar-refractivity contribution in [2.45, 2.75) is 0 Å². The Morgan fingerprint density at radius 3 is 1.41 bits per heavy atom. The van der Waals surface area contributed by atoms with Crippen LogP contribution in [0.1, 0.15) is 0 Å². The van der Waals surface area contributed by atoms with Crippen LogP contribution in [0.15, 0.2) is 218 Å². The molecule has 9 aromatic carbocycles. The molecule has 1 heterocycles. The SMILES string of the molecule is c1ccc(-c2ccc(-c3ccc(N(c4ccccc4)c4ccc(-c5ccc6c(c5)c5ccccc5n6-c5ccc6ccccc6c5)cc4)cc3)cc2)cc1. The van der Waals surface area contributed by atoms with Gasteiger partial charge in [-0.05, 0) is 111 Å². The molecule has 0 saturated carbocycles. The second-order valence-corrected chi connectivity index (χ2v) is 13.8. The lowest BCUT2D eigenvalue weighted by Crippen LogP contribution is -2.09. The summed E-state index contributed by atoms with van der Waals surface area (Å²) in [5.74, 6) is 0. The van der Waals surface area contributed by atoms with Crippen LogP contribution in [0.5, 0.6) is 0 Å². The summed E-state index contributed by atoms with van der Waals surface area (Å²) in [6, 6.07) is 78.8. The van der Waals surface area contributed by atoms with E-state index in [1.807, 2.05) is 0 Å². The van der Waals surface area contributed by atoms with Crippen LogP contribution in [0.25, 0.3) is 71.6 Å². The van der Waals surface area contributed by atoms with E-state index in [0.29, 0.717) is 0 Å². The number of anilines is 3. The number of fused-ring (bicyclic) bond motifs is 4. The van der Waals surface area contributed by atoms with Gasteiger partial charge >= 0.3 is 0 Å². The Morgan fingerprint density at radius 2 is 0.741 bits per heavy atom. The van der Waals surface area contributed by atoms with Crippen LogP contribution in [0, 0.1) is 0 Å². The van der Waals surface area contributed by atoms with Gasteiger partial charge < -0.3 is 9.47 Å². The summed E-state index contributed by atoms with van der Waals surface area (Å²) >= 11 is 0. The Labute approximate surface area is 315 Å². The summed E-state index contributed by atoms with van der Waals surface area (Å²) in [6.07, 6.45) is 0. The highest BCUT2D eigenvalue weighted by molar-refractivity contribution is 6.10. The highest BCUT2D eigenvalue weighted by Crippen LogP contribution is 2.39. The predicted octanol–water partition coefficient (Wildman–Crippen LogP) is 14.4. The van der Waals surface area contributed by atoms with Crippen molar-refractivity contribution in [2.75, 3.05) is 4.90 Å². The van der Waals surface area contributed by atoms with E-state index in [1.54, 1.807) is 0 Å². The molecule has 0 radical (unpaired) electrons. The van der Waals surface area contributed by atoms with Crippen LogP contribution in [-0.4, -0.2) is 4.57 Å². The van der Waals surface area contributed by atoms with E-state index in [1.165, 1.54) is 71.6 Å². The van der Waals surface area contributed by atoms with E-state index in [-0.39, 0.29) is 0 Å². The van der Waals surface area contributed by atoms with Crippen molar-refractivity contribution in [3.8, 4) is 39.1 Å². The number of rotatable bonds is 7. The standard InChI is InChI=1S/C52H36N2/c1-3-11-37(12-4-1)39-19-21-40(22-20-39)41-23-29-46(30-24-41)53(45-15-5-2-6-16-45)47-31-25-42(26-32-47)44-28-34-52-50(36-44)49-17-9-10-18-51(49)54(52)48-33-27-38-13-7-8-14-43(38)35-48/h1-36H. The first kappa shape index (κ1) is 31.6. The predicted molar refractivity (Wildman–Crippen MR) is 229 cm³/mol. The van der Waals surface area contributed by atoms with Crippen molar-refractivity contribution < 1.29 is 0 Å². The molecule has 0 aliphatic rings. The van der Waals surface area contributed by atoms with Gasteiger partial charge in [-0.3, -0.25) is 0 Å². The number of aromatic nitrogens is 1. The Kier molecular flexibility index (Phi) is 7.85. The highest BCUT2D eigenvalue weighted by atomic mass is 15.1. The van der Waals surface area contributed by atoms with E-state index in [0.717, 1.165) is 17.1 Å². The topological polar surface area (TPSA) is 8.17 Å². The Balaban J connectivity index is 0.982. The van der Waals surface area contributed by atoms with Gasteiger partial charge in [0.05, 0.1) is 11.0 Å². The zero-order valence-corrected chi connectivity index (χ0v) is 29.7. The van der Waals surface area contributed by atoms with Crippen LogP contribution in [0.3, 0.4) is 0 Å². The monoisotopic (exact) mass is 688 g/mol. The molecule has 1 aromatic heterocycles. The summed E-state index contributed by atoms with van der Waals surface area (Å²) in [7, 11) is 0. The van der Waals surface area contributed by atoms with Gasteiger partial charge in [0.15, 0.2) is 0 Å². The molecule has 0 unspecified atom stereocenters. The van der Waals surface area contributed by atoms with E-state index >= 15 is 0 Å². The Bertz CT molecular complexity index is 2890. The van der Waals surface area contributed by atoms with Gasteiger partial charge in [0.25, 0.3) is 0 Å². The first-order valence-corrected chi connectivity index (χ1v) is 18.5. The molecule has 254 valence electrons. The lowest BCUT2D eigenvalue weighted by molar-refractivity contribution is 1.19. The maximum atomic E-state index is 2.40. The van der Waals surface area contributed by atoms with E-state index in [2.05, 4.69) is 228 Å². The van der Waals surface area contributed by atoms with Crippen molar-refractivity contribution in [2.24, 2.45) is 0 Å². The third kappa shape index (κ3) is 5.71. The first-order valence-electron chi connectivity index (χ1n) is 18.5. The molecule has 0 aliphatic heterocycles. The van der Waals surface area contributed by atoms with Crippen LogP contribution in [0.4, 0.5) is 17.1 Å². The third-order valence-corrected chi connectivity index (χ3v) is 10.6. The normalized spacial score (nSPS) is 11.3. The fourth-order valence-electron chi connectivity index (χ4n) is 7.86. The quantitative estimate of drug-likeness (QED) is 0.162. The van der Waals surface area contributed by atoms with Crippen LogP contribution in [0.2, 0.25) is 0 Å². The molecule has 0 atom stereocenters. The average Bonchev–Trinajstić information content (AvgIpc) is 3.58. The number of nitrogens with zero attached hydrogens (tertiary/aromatic N) is 2. The van der Waals surface area contributed by atoms with Crippen LogP contribution in [-0.2, 0) is 0 Å². The number of hydrogen-bond acceptors (Lipinski definition) is 1. The molecule has 10 aromatic rings. The van der Waals surface area contributed by atoms with Gasteiger partial charge in [-0.15, -0.1) is 0 Å². The van der Waals surface area contributed by atoms with Crippen molar-refractivity contribution >= 4 is 49.6 Å². The molecule has 0 bridgehead atoms. The molecule has 10 rings (SSSR count). The van der Waals surface area contributed by atoms with Crippen molar-refractivity contribution in [1.29, 1.82) is 0 Å². The summed E-state index contributed by atoms with van der Waals surface area (Å²) < 4.78 is 2.40. The van der Waals surface area contributed by atoms with Crippen molar-refractivity contribution in [3.63, 3.8) is 0 Å². The van der Waals surface area contributed by atoms with Gasteiger partial charge in [-0.25, -0.2) is 0 Å². The number of benzene rings is 9. The zero-order valence-electron chi connectivity index (χ0n) is 29.7. The van der Waals surface area contributed by atoms with Crippen LogP contribution >= 0.6 is 0 Å². The highest BCUT2D eigenvalue weighted by Gasteiger charge is 2.16. The van der Waals surface area contributed by atoms with E-state index in [9.17, 15) is 0 Å². The number of para-hydroxylation sites is 2. The molecule has 0 saturated heterocycles. The summed E-state index contributed by atoms with van der Waals surface area (Å²) in [4.78, 5) is 2.33. The molecular formula is C52H36N2. The van der Waals surface area contributed by atoms with Gasteiger partial charge in [-0.2, -0.15) is 0 Å². The summed E-state index contributed by atoms with van der Waals surface area (Å²) in [5.41, 5.74) is 14.2. The molecule has 0 N–H and O–H groups in total. The van der Waals surface area contributed by atoms with E-state index < -0.39 is 0 Å². The zero-order chi connectivity index (χ0) is 35.8. The van der Waals surface area contributed by atoms with Crippen molar-refractivity contribution in [1.82, 2.24) is 4.57 Å². The van der Waals surface area contributed by atoms with Gasteiger partial charge in [-0.1, -0.05) is 152 Å². The average molecular weight is 689 g/mol. The Hall–Kier alpha value is -7.16. The lowest BCUT2D eigenvalue weighted by atomic mass is 10.00. The molecule has 0 fully saturated rings. The summed E-state index contributed by atoms with van der Waals surface area (Å²) in [5, 5.41) is 5.00. The fraction of sp³-hybridized carbons (Fsp3) is 0. The largest absolute Gasteiger partial charge is 0.311 e. The van der Waals surface area contributed by atoms with Gasteiger partial charge in [0.2, 0.25) is 0 Å². The summed E-state index contributed by atoms with van der Waals surface area (Å²) in [6.45, 7) is 0. The van der Waals surface area contributed by atoms with Gasteiger partial charge in [0, 0.05) is 33.5 Å². The second-order valence-electron chi connectivity index (χ2n) is 13.8. The molecule has 54 heavy (non-hydrogen) atoms. The van der Waals surface area contributed by atoms with Crippen molar-refractivity contribution in [3.05, 3.63) is 218 Å². The molecule has 0 spiro atoms. The maximum absolute atomic E-state index is 2.40. The maximum Gasteiger partial charge on any atom is 0.0541 e. The molecule has 0 aliphatic carbocycles. The minimum absolute atomic E-state index is 1.11. The van der Waals surface area contributed by atoms with Gasteiger partial charge in [0.1, 0.15) is 0 Å². The number of hydrogen-bond donors (Lipinski definition) is 0. The molecule has 2 nitrogen and oxygen atoms in total. The van der Waals surface area contributed by atoms with Crippen LogP contribution < -0.4 is 4.90 Å². The second kappa shape index (κ2) is 13.4. The minimum atomic E-state index is 1.11. The fourth-order valence-corrected chi connectivity index (χ4v) is 7.86.